The van der Waals surface area contributed by atoms with Crippen LogP contribution >= 0.6 is 0 Å². The molecule has 0 aromatic heterocycles. The Hall–Kier alpha value is -1.62. The summed E-state index contributed by atoms with van der Waals surface area (Å²) in [5, 5.41) is 11.9. The van der Waals surface area contributed by atoms with E-state index in [4.69, 9.17) is 5.84 Å². The fourth-order valence-corrected chi connectivity index (χ4v) is 1.14. The normalized spacial score (nSPS) is 9.86. The Bertz CT molecular complexity index is 310. The molecule has 0 unspecified atom stereocenters. The van der Waals surface area contributed by atoms with Gasteiger partial charge in [-0.3, -0.25) is 10.1 Å². The van der Waals surface area contributed by atoms with Gasteiger partial charge in [-0.05, 0) is 18.6 Å². The molecule has 0 saturated carbocycles. The quantitative estimate of drug-likeness (QED) is 0.450. The number of benzene rings is 1. The lowest BCUT2D eigenvalue weighted by molar-refractivity contribution is -0.384. The highest BCUT2D eigenvalue weighted by Gasteiger charge is 2.05. The number of anilines is 1. The van der Waals surface area contributed by atoms with Crippen LogP contribution in [0.5, 0.6) is 0 Å². The number of rotatable bonds is 4. The van der Waals surface area contributed by atoms with Crippen molar-refractivity contribution >= 4 is 11.4 Å². The van der Waals surface area contributed by atoms with E-state index in [0.717, 1.165) is 18.7 Å². The molecule has 0 aliphatic rings. The monoisotopic (exact) mass is 195 g/mol. The van der Waals surface area contributed by atoms with Gasteiger partial charge in [-0.2, -0.15) is 0 Å². The summed E-state index contributed by atoms with van der Waals surface area (Å²) in [5.41, 5.74) is 0.871. The Kier molecular flexibility index (Phi) is 3.41. The number of nitrogens with two attached hydrogens (primary N) is 1. The molecule has 0 aliphatic carbocycles. The second kappa shape index (κ2) is 4.57. The minimum absolute atomic E-state index is 0.0821. The van der Waals surface area contributed by atoms with Gasteiger partial charge in [0.05, 0.1) is 10.6 Å². The van der Waals surface area contributed by atoms with Crippen molar-refractivity contribution in [1.29, 1.82) is 0 Å². The van der Waals surface area contributed by atoms with E-state index in [1.165, 1.54) is 12.1 Å². The van der Waals surface area contributed by atoms with Gasteiger partial charge in [0.15, 0.2) is 0 Å². The molecular weight excluding hydrogens is 182 g/mol. The smallest absolute Gasteiger partial charge is 0.269 e. The number of hydrogen-bond donors (Lipinski definition) is 1. The molecule has 0 radical (unpaired) electrons. The second-order valence-corrected chi connectivity index (χ2v) is 2.97. The van der Waals surface area contributed by atoms with Crippen LogP contribution in [-0.4, -0.2) is 11.5 Å². The zero-order valence-electron chi connectivity index (χ0n) is 8.01. The van der Waals surface area contributed by atoms with Crippen molar-refractivity contribution in [2.45, 2.75) is 13.3 Å². The molecule has 0 saturated heterocycles. The van der Waals surface area contributed by atoms with E-state index in [9.17, 15) is 10.1 Å². The first-order chi connectivity index (χ1) is 6.65. The van der Waals surface area contributed by atoms with Crippen LogP contribution in [0, 0.1) is 10.1 Å². The van der Waals surface area contributed by atoms with E-state index in [0.29, 0.717) is 0 Å². The molecule has 0 amide bonds. The van der Waals surface area contributed by atoms with Crippen LogP contribution in [0.15, 0.2) is 24.3 Å². The third-order valence-corrected chi connectivity index (χ3v) is 1.86. The number of nitro benzene ring substituents is 1. The summed E-state index contributed by atoms with van der Waals surface area (Å²) < 4.78 is 0. The summed E-state index contributed by atoms with van der Waals surface area (Å²) in [5.74, 6) is 5.70. The highest BCUT2D eigenvalue weighted by atomic mass is 16.6. The van der Waals surface area contributed by atoms with E-state index in [1.807, 2.05) is 6.92 Å². The molecule has 1 aromatic carbocycles. The third kappa shape index (κ3) is 2.43. The summed E-state index contributed by atoms with van der Waals surface area (Å²) in [6.45, 7) is 2.75. The molecule has 1 rings (SSSR count). The topological polar surface area (TPSA) is 72.4 Å². The molecule has 2 N–H and O–H groups in total. The maximum absolute atomic E-state index is 10.4. The van der Waals surface area contributed by atoms with Gasteiger partial charge in [0, 0.05) is 18.7 Å². The first kappa shape index (κ1) is 10.5. The summed E-state index contributed by atoms with van der Waals surface area (Å²) in [7, 11) is 0. The SMILES string of the molecule is CCCN(N)c1ccc([N+](=O)[O-])cc1. The zero-order valence-corrected chi connectivity index (χ0v) is 8.01. The van der Waals surface area contributed by atoms with Gasteiger partial charge in [-0.1, -0.05) is 6.92 Å². The lowest BCUT2D eigenvalue weighted by Crippen LogP contribution is -2.31. The van der Waals surface area contributed by atoms with Gasteiger partial charge >= 0.3 is 0 Å². The number of hydrogen-bond acceptors (Lipinski definition) is 4. The standard InChI is InChI=1S/C9H13N3O2/c1-2-7-11(10)8-3-5-9(6-4-8)12(13)14/h3-6H,2,7,10H2,1H3. The fraction of sp³-hybridized carbons (Fsp3) is 0.333. The van der Waals surface area contributed by atoms with Gasteiger partial charge in [0.2, 0.25) is 0 Å². The molecule has 0 fully saturated rings. The Morgan fingerprint density at radius 2 is 2.00 bits per heavy atom. The zero-order chi connectivity index (χ0) is 10.6. The summed E-state index contributed by atoms with van der Waals surface area (Å²) in [6, 6.07) is 6.19. The summed E-state index contributed by atoms with van der Waals surface area (Å²) in [4.78, 5) is 9.94. The number of non-ortho nitro benzene ring substituents is 1. The van der Waals surface area contributed by atoms with E-state index in [1.54, 1.807) is 17.1 Å². The van der Waals surface area contributed by atoms with Gasteiger partial charge in [-0.25, -0.2) is 5.84 Å². The maximum atomic E-state index is 10.4. The highest BCUT2D eigenvalue weighted by molar-refractivity contribution is 5.49. The second-order valence-electron chi connectivity index (χ2n) is 2.97. The van der Waals surface area contributed by atoms with Crippen LogP contribution in [0.25, 0.3) is 0 Å². The Morgan fingerprint density at radius 1 is 1.43 bits per heavy atom. The average Bonchev–Trinajstić information content (AvgIpc) is 2.18. The van der Waals surface area contributed by atoms with Crippen LogP contribution in [0.1, 0.15) is 13.3 Å². The molecule has 1 aromatic rings. The molecule has 14 heavy (non-hydrogen) atoms. The van der Waals surface area contributed by atoms with Crippen molar-refractivity contribution in [2.24, 2.45) is 5.84 Å². The molecule has 0 aliphatic heterocycles. The molecule has 76 valence electrons. The van der Waals surface area contributed by atoms with Crippen LogP contribution in [0.4, 0.5) is 11.4 Å². The van der Waals surface area contributed by atoms with Crippen LogP contribution in [0.3, 0.4) is 0 Å². The highest BCUT2D eigenvalue weighted by Crippen LogP contribution is 2.17. The molecular formula is C9H13N3O2. The molecule has 0 bridgehead atoms. The summed E-state index contributed by atoms with van der Waals surface area (Å²) in [6.07, 6.45) is 0.938. The minimum atomic E-state index is -0.426. The maximum Gasteiger partial charge on any atom is 0.269 e. The predicted octanol–water partition coefficient (Wildman–Crippen LogP) is 1.68. The lowest BCUT2D eigenvalue weighted by Gasteiger charge is -2.16. The van der Waals surface area contributed by atoms with E-state index in [-0.39, 0.29) is 5.69 Å². The van der Waals surface area contributed by atoms with Crippen molar-refractivity contribution in [3.8, 4) is 0 Å². The molecule has 0 spiro atoms. The van der Waals surface area contributed by atoms with Crippen molar-refractivity contribution < 1.29 is 4.92 Å². The van der Waals surface area contributed by atoms with E-state index >= 15 is 0 Å². The van der Waals surface area contributed by atoms with E-state index < -0.39 is 4.92 Å². The van der Waals surface area contributed by atoms with Crippen LogP contribution in [0.2, 0.25) is 0 Å². The minimum Gasteiger partial charge on any atom is -0.311 e. The summed E-state index contributed by atoms with van der Waals surface area (Å²) >= 11 is 0. The van der Waals surface area contributed by atoms with Crippen molar-refractivity contribution in [3.05, 3.63) is 34.4 Å². The van der Waals surface area contributed by atoms with Gasteiger partial charge in [0.25, 0.3) is 5.69 Å². The Labute approximate surface area is 82.2 Å². The lowest BCUT2D eigenvalue weighted by atomic mass is 10.2. The molecule has 5 nitrogen and oxygen atoms in total. The van der Waals surface area contributed by atoms with Crippen molar-refractivity contribution in [1.82, 2.24) is 0 Å². The predicted molar refractivity (Wildman–Crippen MR) is 54.9 cm³/mol. The van der Waals surface area contributed by atoms with E-state index in [2.05, 4.69) is 0 Å². The molecule has 5 heteroatoms. The average molecular weight is 195 g/mol. The number of hydrazine groups is 1. The third-order valence-electron chi connectivity index (χ3n) is 1.86. The van der Waals surface area contributed by atoms with Crippen LogP contribution < -0.4 is 10.9 Å². The number of nitro groups is 1. The first-order valence-corrected chi connectivity index (χ1v) is 4.42. The Morgan fingerprint density at radius 3 is 2.43 bits per heavy atom. The number of nitrogens with zero attached hydrogens (tertiary/aromatic N) is 2. The van der Waals surface area contributed by atoms with Crippen molar-refractivity contribution in [3.63, 3.8) is 0 Å². The van der Waals surface area contributed by atoms with Gasteiger partial charge in [0.1, 0.15) is 0 Å². The fourth-order valence-electron chi connectivity index (χ4n) is 1.14. The van der Waals surface area contributed by atoms with Gasteiger partial charge < -0.3 is 5.01 Å². The van der Waals surface area contributed by atoms with Gasteiger partial charge in [-0.15, -0.1) is 0 Å². The largest absolute Gasteiger partial charge is 0.311 e. The van der Waals surface area contributed by atoms with Crippen LogP contribution in [-0.2, 0) is 0 Å². The molecule has 0 atom stereocenters. The first-order valence-electron chi connectivity index (χ1n) is 4.42. The van der Waals surface area contributed by atoms with Crippen molar-refractivity contribution in [2.75, 3.05) is 11.6 Å². The molecule has 0 heterocycles. The Balaban J connectivity index is 2.77.